The maximum absolute atomic E-state index is 5.72. The SMILES string of the molecule is CN=C(NCCOCC1CCCO1)N1CCC(Cc2ccccc2)CC1. The Morgan fingerprint density at radius 2 is 2.04 bits per heavy atom. The lowest BCUT2D eigenvalue weighted by Gasteiger charge is -2.34. The summed E-state index contributed by atoms with van der Waals surface area (Å²) in [7, 11) is 1.87. The first-order valence-electron chi connectivity index (χ1n) is 10.0. The smallest absolute Gasteiger partial charge is 0.193 e. The van der Waals surface area contributed by atoms with Gasteiger partial charge in [0.25, 0.3) is 0 Å². The number of hydrogen-bond donors (Lipinski definition) is 1. The Labute approximate surface area is 157 Å². The number of hydrogen-bond acceptors (Lipinski definition) is 3. The molecule has 144 valence electrons. The molecule has 0 bridgehead atoms. The van der Waals surface area contributed by atoms with Crippen molar-refractivity contribution in [2.24, 2.45) is 10.9 Å². The van der Waals surface area contributed by atoms with E-state index in [4.69, 9.17) is 9.47 Å². The van der Waals surface area contributed by atoms with E-state index >= 15 is 0 Å². The predicted molar refractivity (Wildman–Crippen MR) is 106 cm³/mol. The fourth-order valence-electron chi connectivity index (χ4n) is 3.85. The van der Waals surface area contributed by atoms with Crippen LogP contribution in [0.5, 0.6) is 0 Å². The zero-order valence-corrected chi connectivity index (χ0v) is 16.0. The molecule has 3 rings (SSSR count). The Balaban J connectivity index is 1.31. The van der Waals surface area contributed by atoms with Crippen LogP contribution in [0, 0.1) is 5.92 Å². The Morgan fingerprint density at radius 1 is 1.23 bits per heavy atom. The molecular weight excluding hydrogens is 326 g/mol. The summed E-state index contributed by atoms with van der Waals surface area (Å²) in [5.41, 5.74) is 1.46. The topological polar surface area (TPSA) is 46.1 Å². The van der Waals surface area contributed by atoms with Crippen LogP contribution in [0.25, 0.3) is 0 Å². The van der Waals surface area contributed by atoms with Crippen molar-refractivity contribution in [3.63, 3.8) is 0 Å². The van der Waals surface area contributed by atoms with Gasteiger partial charge >= 0.3 is 0 Å². The van der Waals surface area contributed by atoms with Crippen LogP contribution in [0.3, 0.4) is 0 Å². The van der Waals surface area contributed by atoms with E-state index < -0.39 is 0 Å². The second kappa shape index (κ2) is 10.5. The molecule has 5 nitrogen and oxygen atoms in total. The molecule has 2 aliphatic heterocycles. The number of piperidine rings is 1. The lowest BCUT2D eigenvalue weighted by molar-refractivity contribution is 0.0189. The number of nitrogens with zero attached hydrogens (tertiary/aromatic N) is 2. The fourth-order valence-corrected chi connectivity index (χ4v) is 3.85. The first-order valence-corrected chi connectivity index (χ1v) is 10.0. The molecule has 1 aromatic rings. The molecule has 1 aromatic carbocycles. The third-order valence-corrected chi connectivity index (χ3v) is 5.35. The summed E-state index contributed by atoms with van der Waals surface area (Å²) < 4.78 is 11.3. The molecule has 0 aromatic heterocycles. The molecule has 2 saturated heterocycles. The van der Waals surface area contributed by atoms with Crippen LogP contribution >= 0.6 is 0 Å². The van der Waals surface area contributed by atoms with Crippen molar-refractivity contribution >= 4 is 5.96 Å². The number of rotatable bonds is 7. The zero-order valence-electron chi connectivity index (χ0n) is 16.0. The van der Waals surface area contributed by atoms with Crippen LogP contribution in [0.2, 0.25) is 0 Å². The molecule has 2 fully saturated rings. The first kappa shape index (κ1) is 19.2. The van der Waals surface area contributed by atoms with Crippen molar-refractivity contribution in [2.75, 3.05) is 46.5 Å². The fraction of sp³-hybridized carbons (Fsp3) is 0.667. The molecule has 1 unspecified atom stereocenters. The van der Waals surface area contributed by atoms with Gasteiger partial charge in [-0.05, 0) is 43.6 Å². The van der Waals surface area contributed by atoms with E-state index in [2.05, 4.69) is 45.5 Å². The normalized spacial score (nSPS) is 22.0. The van der Waals surface area contributed by atoms with Gasteiger partial charge in [-0.2, -0.15) is 0 Å². The summed E-state index contributed by atoms with van der Waals surface area (Å²) in [5, 5.41) is 3.44. The molecule has 2 heterocycles. The molecule has 1 atom stereocenters. The van der Waals surface area contributed by atoms with Gasteiger partial charge in [0.05, 0.1) is 19.3 Å². The molecule has 1 N–H and O–H groups in total. The van der Waals surface area contributed by atoms with Gasteiger partial charge in [0.2, 0.25) is 0 Å². The van der Waals surface area contributed by atoms with E-state index in [1.807, 2.05) is 7.05 Å². The van der Waals surface area contributed by atoms with Crippen molar-refractivity contribution in [2.45, 2.75) is 38.2 Å². The van der Waals surface area contributed by atoms with Gasteiger partial charge in [-0.3, -0.25) is 4.99 Å². The minimum absolute atomic E-state index is 0.304. The highest BCUT2D eigenvalue weighted by atomic mass is 16.5. The number of guanidine groups is 1. The van der Waals surface area contributed by atoms with Crippen LogP contribution in [0.4, 0.5) is 0 Å². The highest BCUT2D eigenvalue weighted by molar-refractivity contribution is 5.79. The van der Waals surface area contributed by atoms with Crippen LogP contribution in [-0.4, -0.2) is 63.5 Å². The Bertz CT molecular complexity index is 535. The van der Waals surface area contributed by atoms with Gasteiger partial charge in [-0.1, -0.05) is 30.3 Å². The maximum atomic E-state index is 5.72. The standard InChI is InChI=1S/C21H33N3O2/c1-22-21(23-11-15-25-17-20-8-5-14-26-20)24-12-9-19(10-13-24)16-18-6-3-2-4-7-18/h2-4,6-7,19-20H,5,8-17H2,1H3,(H,22,23). The van der Waals surface area contributed by atoms with Crippen LogP contribution in [0.1, 0.15) is 31.2 Å². The largest absolute Gasteiger partial charge is 0.377 e. The van der Waals surface area contributed by atoms with Crippen molar-refractivity contribution < 1.29 is 9.47 Å². The van der Waals surface area contributed by atoms with Crippen molar-refractivity contribution in [1.82, 2.24) is 10.2 Å². The second-order valence-electron chi connectivity index (χ2n) is 7.30. The summed E-state index contributed by atoms with van der Waals surface area (Å²) in [6.45, 7) is 5.25. The van der Waals surface area contributed by atoms with Crippen molar-refractivity contribution in [1.29, 1.82) is 0 Å². The van der Waals surface area contributed by atoms with Crippen LogP contribution < -0.4 is 5.32 Å². The van der Waals surface area contributed by atoms with Crippen molar-refractivity contribution in [3.05, 3.63) is 35.9 Å². The van der Waals surface area contributed by atoms with Crippen LogP contribution in [0.15, 0.2) is 35.3 Å². The lowest BCUT2D eigenvalue weighted by Crippen LogP contribution is -2.46. The highest BCUT2D eigenvalue weighted by Crippen LogP contribution is 2.21. The summed E-state index contributed by atoms with van der Waals surface area (Å²) in [4.78, 5) is 6.82. The van der Waals surface area contributed by atoms with Gasteiger partial charge < -0.3 is 19.7 Å². The number of likely N-dealkylation sites (tertiary alicyclic amines) is 1. The molecule has 2 aliphatic rings. The molecule has 0 radical (unpaired) electrons. The van der Waals surface area contributed by atoms with Crippen LogP contribution in [-0.2, 0) is 15.9 Å². The minimum Gasteiger partial charge on any atom is -0.377 e. The summed E-state index contributed by atoms with van der Waals surface area (Å²) in [6, 6.07) is 10.8. The van der Waals surface area contributed by atoms with Gasteiger partial charge in [0, 0.05) is 33.3 Å². The highest BCUT2D eigenvalue weighted by Gasteiger charge is 2.21. The molecule has 0 spiro atoms. The Kier molecular flexibility index (Phi) is 7.77. The summed E-state index contributed by atoms with van der Waals surface area (Å²) in [5.74, 6) is 1.78. The van der Waals surface area contributed by atoms with E-state index in [-0.39, 0.29) is 0 Å². The number of aliphatic imine (C=N–C) groups is 1. The Hall–Kier alpha value is -1.59. The van der Waals surface area contributed by atoms with E-state index in [9.17, 15) is 0 Å². The molecule has 26 heavy (non-hydrogen) atoms. The Morgan fingerprint density at radius 3 is 2.73 bits per heavy atom. The van der Waals surface area contributed by atoms with E-state index in [0.29, 0.717) is 19.3 Å². The lowest BCUT2D eigenvalue weighted by atomic mass is 9.90. The number of nitrogens with one attached hydrogen (secondary N) is 1. The van der Waals surface area contributed by atoms with E-state index in [1.54, 1.807) is 0 Å². The minimum atomic E-state index is 0.304. The monoisotopic (exact) mass is 359 g/mol. The van der Waals surface area contributed by atoms with Gasteiger partial charge in [-0.15, -0.1) is 0 Å². The predicted octanol–water partition coefficient (Wildman–Crippen LogP) is 2.71. The first-order chi connectivity index (χ1) is 12.8. The molecular formula is C21H33N3O2. The van der Waals surface area contributed by atoms with Gasteiger partial charge in [0.15, 0.2) is 5.96 Å². The second-order valence-corrected chi connectivity index (χ2v) is 7.30. The number of benzene rings is 1. The summed E-state index contributed by atoms with van der Waals surface area (Å²) >= 11 is 0. The molecule has 0 aliphatic carbocycles. The zero-order chi connectivity index (χ0) is 18.0. The third kappa shape index (κ3) is 5.99. The average Bonchev–Trinajstić information content (AvgIpc) is 3.20. The van der Waals surface area contributed by atoms with Gasteiger partial charge in [-0.25, -0.2) is 0 Å². The van der Waals surface area contributed by atoms with E-state index in [1.165, 1.54) is 31.2 Å². The maximum Gasteiger partial charge on any atom is 0.193 e. The molecule has 0 saturated carbocycles. The quantitative estimate of drug-likeness (QED) is 0.462. The third-order valence-electron chi connectivity index (χ3n) is 5.35. The number of ether oxygens (including phenoxy) is 2. The average molecular weight is 360 g/mol. The molecule has 0 amide bonds. The van der Waals surface area contributed by atoms with Crippen molar-refractivity contribution in [3.8, 4) is 0 Å². The molecule has 5 heteroatoms. The van der Waals surface area contributed by atoms with Gasteiger partial charge in [0.1, 0.15) is 0 Å². The summed E-state index contributed by atoms with van der Waals surface area (Å²) in [6.07, 6.45) is 6.25. The van der Waals surface area contributed by atoms with E-state index in [0.717, 1.165) is 44.5 Å².